The van der Waals surface area contributed by atoms with Crippen molar-refractivity contribution in [2.45, 2.75) is 0 Å². The molecule has 0 saturated heterocycles. The molecule has 0 atom stereocenters. The lowest BCUT2D eigenvalue weighted by Gasteiger charge is -2.05. The average Bonchev–Trinajstić information content (AvgIpc) is 2.49. The molecule has 0 unspecified atom stereocenters. The summed E-state index contributed by atoms with van der Waals surface area (Å²) in [6, 6.07) is 7.52. The van der Waals surface area contributed by atoms with Crippen LogP contribution in [0.5, 0.6) is 11.5 Å². The first-order chi connectivity index (χ1) is 10.4. The van der Waals surface area contributed by atoms with Gasteiger partial charge >= 0.3 is 0 Å². The number of aliphatic imine (C=N–C) groups is 1. The van der Waals surface area contributed by atoms with E-state index in [-0.39, 0.29) is 17.2 Å². The third-order valence-corrected chi connectivity index (χ3v) is 3.84. The van der Waals surface area contributed by atoms with E-state index >= 15 is 0 Å². The van der Waals surface area contributed by atoms with E-state index in [4.69, 9.17) is 4.74 Å². The molecule has 0 aliphatic heterocycles. The highest BCUT2D eigenvalue weighted by molar-refractivity contribution is 9.11. The second-order valence-electron chi connectivity index (χ2n) is 4.20. The van der Waals surface area contributed by atoms with Crippen molar-refractivity contribution in [1.29, 1.82) is 0 Å². The summed E-state index contributed by atoms with van der Waals surface area (Å²) in [7, 11) is 1.41. The van der Waals surface area contributed by atoms with Gasteiger partial charge in [0.2, 0.25) is 0 Å². The Morgan fingerprint density at radius 2 is 2.05 bits per heavy atom. The lowest BCUT2D eigenvalue weighted by molar-refractivity contribution is -0.384. The van der Waals surface area contributed by atoms with Crippen LogP contribution < -0.4 is 4.74 Å². The summed E-state index contributed by atoms with van der Waals surface area (Å²) in [5, 5.41) is 20.7. The summed E-state index contributed by atoms with van der Waals surface area (Å²) in [5.41, 5.74) is 0.828. The maximum atomic E-state index is 10.7. The highest BCUT2D eigenvalue weighted by atomic mass is 79.9. The van der Waals surface area contributed by atoms with Gasteiger partial charge in [0.15, 0.2) is 5.75 Å². The minimum Gasteiger partial charge on any atom is -0.506 e. The van der Waals surface area contributed by atoms with Crippen molar-refractivity contribution in [1.82, 2.24) is 0 Å². The predicted octanol–water partition coefficient (Wildman–Crippen LogP) is 4.58. The van der Waals surface area contributed by atoms with Crippen LogP contribution in [0, 0.1) is 10.1 Å². The Labute approximate surface area is 142 Å². The number of benzene rings is 2. The van der Waals surface area contributed by atoms with Crippen LogP contribution >= 0.6 is 31.9 Å². The standard InChI is InChI=1S/C14H10Br2N2O4/c1-22-13-6-10(18(20)21)2-3-12(13)17-7-8-4-9(15)5-11(16)14(8)19/h2-7,19H,1H3. The molecule has 0 fully saturated rings. The van der Waals surface area contributed by atoms with Crippen LogP contribution in [0.25, 0.3) is 0 Å². The van der Waals surface area contributed by atoms with Crippen molar-refractivity contribution in [3.63, 3.8) is 0 Å². The van der Waals surface area contributed by atoms with E-state index in [1.54, 1.807) is 12.1 Å². The first kappa shape index (κ1) is 16.4. The molecule has 0 spiro atoms. The van der Waals surface area contributed by atoms with Crippen molar-refractivity contribution < 1.29 is 14.8 Å². The Bertz CT molecular complexity index is 763. The normalized spacial score (nSPS) is 10.9. The van der Waals surface area contributed by atoms with E-state index < -0.39 is 4.92 Å². The molecule has 0 heterocycles. The molecule has 1 N–H and O–H groups in total. The van der Waals surface area contributed by atoms with Gasteiger partial charge in [0.1, 0.15) is 11.4 Å². The molecule has 2 aromatic rings. The van der Waals surface area contributed by atoms with E-state index in [0.29, 0.717) is 15.7 Å². The molecule has 0 saturated carbocycles. The fourth-order valence-electron chi connectivity index (χ4n) is 1.71. The zero-order chi connectivity index (χ0) is 16.3. The molecule has 6 nitrogen and oxygen atoms in total. The molecule has 0 amide bonds. The Balaban J connectivity index is 2.40. The van der Waals surface area contributed by atoms with Gasteiger partial charge in [-0.25, -0.2) is 0 Å². The molecule has 0 aliphatic rings. The Morgan fingerprint density at radius 3 is 2.68 bits per heavy atom. The number of halogens is 2. The largest absolute Gasteiger partial charge is 0.506 e. The number of nitrogens with zero attached hydrogens (tertiary/aromatic N) is 2. The highest BCUT2D eigenvalue weighted by Crippen LogP contribution is 2.33. The Kier molecular flexibility index (Phi) is 5.15. The molecule has 0 aliphatic carbocycles. The van der Waals surface area contributed by atoms with Crippen LogP contribution in [-0.4, -0.2) is 23.4 Å². The smallest absolute Gasteiger partial charge is 0.273 e. The summed E-state index contributed by atoms with van der Waals surface area (Å²) in [6.07, 6.45) is 1.45. The number of nitro groups is 1. The number of aromatic hydroxyl groups is 1. The fraction of sp³-hybridized carbons (Fsp3) is 0.0714. The number of phenols is 1. The van der Waals surface area contributed by atoms with Crippen LogP contribution in [0.15, 0.2) is 44.3 Å². The van der Waals surface area contributed by atoms with E-state index in [1.165, 1.54) is 31.5 Å². The molecule has 22 heavy (non-hydrogen) atoms. The molecule has 114 valence electrons. The monoisotopic (exact) mass is 428 g/mol. The maximum Gasteiger partial charge on any atom is 0.273 e. The van der Waals surface area contributed by atoms with E-state index in [9.17, 15) is 15.2 Å². The van der Waals surface area contributed by atoms with Crippen LogP contribution in [0.2, 0.25) is 0 Å². The number of non-ortho nitro benzene ring substituents is 1. The van der Waals surface area contributed by atoms with Gasteiger partial charge in [-0.3, -0.25) is 15.1 Å². The maximum absolute atomic E-state index is 10.7. The summed E-state index contributed by atoms with van der Waals surface area (Å²) in [6.45, 7) is 0. The number of methoxy groups -OCH3 is 1. The summed E-state index contributed by atoms with van der Waals surface area (Å²) >= 11 is 6.56. The van der Waals surface area contributed by atoms with Gasteiger partial charge in [0, 0.05) is 22.3 Å². The Morgan fingerprint density at radius 1 is 1.32 bits per heavy atom. The third-order valence-electron chi connectivity index (χ3n) is 2.77. The van der Waals surface area contributed by atoms with Crippen molar-refractivity contribution in [3.8, 4) is 11.5 Å². The quantitative estimate of drug-likeness (QED) is 0.437. The van der Waals surface area contributed by atoms with Gasteiger partial charge in [0.05, 0.1) is 22.6 Å². The number of nitro benzene ring substituents is 1. The lowest BCUT2D eigenvalue weighted by Crippen LogP contribution is -1.90. The number of ether oxygens (including phenoxy) is 1. The van der Waals surface area contributed by atoms with Crippen molar-refractivity contribution >= 4 is 49.4 Å². The average molecular weight is 430 g/mol. The highest BCUT2D eigenvalue weighted by Gasteiger charge is 2.11. The molecular formula is C14H10Br2N2O4. The molecule has 0 radical (unpaired) electrons. The van der Waals surface area contributed by atoms with Crippen LogP contribution in [0.4, 0.5) is 11.4 Å². The lowest BCUT2D eigenvalue weighted by atomic mass is 10.2. The molecule has 2 aromatic carbocycles. The first-order valence-corrected chi connectivity index (χ1v) is 7.55. The minimum absolute atomic E-state index is 0.0489. The second kappa shape index (κ2) is 6.89. The third kappa shape index (κ3) is 3.63. The Hall–Kier alpha value is -1.93. The summed E-state index contributed by atoms with van der Waals surface area (Å²) < 4.78 is 6.40. The van der Waals surface area contributed by atoms with E-state index in [2.05, 4.69) is 36.9 Å². The number of rotatable bonds is 4. The first-order valence-electron chi connectivity index (χ1n) is 5.97. The number of hydrogen-bond donors (Lipinski definition) is 1. The van der Waals surface area contributed by atoms with Crippen LogP contribution in [0.1, 0.15) is 5.56 Å². The van der Waals surface area contributed by atoms with Gasteiger partial charge in [-0.2, -0.15) is 0 Å². The zero-order valence-corrected chi connectivity index (χ0v) is 14.5. The number of hydrogen-bond acceptors (Lipinski definition) is 5. The molecule has 0 bridgehead atoms. The summed E-state index contributed by atoms with van der Waals surface area (Å²) in [5.74, 6) is 0.326. The van der Waals surface area contributed by atoms with Crippen LogP contribution in [0.3, 0.4) is 0 Å². The van der Waals surface area contributed by atoms with Crippen molar-refractivity contribution in [2.75, 3.05) is 7.11 Å². The van der Waals surface area contributed by atoms with Crippen molar-refractivity contribution in [2.24, 2.45) is 4.99 Å². The van der Waals surface area contributed by atoms with E-state index in [0.717, 1.165) is 4.47 Å². The summed E-state index contributed by atoms with van der Waals surface area (Å²) in [4.78, 5) is 14.5. The van der Waals surface area contributed by atoms with Gasteiger partial charge in [0.25, 0.3) is 5.69 Å². The van der Waals surface area contributed by atoms with Gasteiger partial charge in [-0.05, 0) is 34.1 Å². The molecular weight excluding hydrogens is 420 g/mol. The van der Waals surface area contributed by atoms with Crippen molar-refractivity contribution in [3.05, 3.63) is 55.0 Å². The zero-order valence-electron chi connectivity index (χ0n) is 11.3. The van der Waals surface area contributed by atoms with Gasteiger partial charge in [-0.15, -0.1) is 0 Å². The molecule has 2 rings (SSSR count). The second-order valence-corrected chi connectivity index (χ2v) is 5.97. The molecule has 8 heteroatoms. The van der Waals surface area contributed by atoms with E-state index in [1.807, 2.05) is 0 Å². The topological polar surface area (TPSA) is 85.0 Å². The number of phenolic OH excluding ortho intramolecular Hbond substituents is 1. The van der Waals surface area contributed by atoms with Gasteiger partial charge < -0.3 is 9.84 Å². The SMILES string of the molecule is COc1cc([N+](=O)[O-])ccc1N=Cc1cc(Br)cc(Br)c1O. The predicted molar refractivity (Wildman–Crippen MR) is 90.4 cm³/mol. The molecule has 0 aromatic heterocycles. The van der Waals surface area contributed by atoms with Gasteiger partial charge in [-0.1, -0.05) is 15.9 Å². The minimum atomic E-state index is -0.507. The fourth-order valence-corrected chi connectivity index (χ4v) is 2.97. The van der Waals surface area contributed by atoms with Crippen LogP contribution in [-0.2, 0) is 0 Å².